The Morgan fingerprint density at radius 3 is 2.82 bits per heavy atom. The number of likely N-dealkylation sites (N-methyl/N-ethyl adjacent to an activating group) is 1. The van der Waals surface area contributed by atoms with Crippen LogP contribution in [0.1, 0.15) is 18.6 Å². The summed E-state index contributed by atoms with van der Waals surface area (Å²) in [6.45, 7) is 2.66. The van der Waals surface area contributed by atoms with Crippen LogP contribution in [-0.2, 0) is 11.3 Å². The van der Waals surface area contributed by atoms with Crippen LogP contribution in [0.4, 0.5) is 4.79 Å². The van der Waals surface area contributed by atoms with Crippen LogP contribution in [0.3, 0.4) is 0 Å². The molecule has 0 bridgehead atoms. The number of carbonyl (C=O) groups excluding carboxylic acids is 1. The van der Waals surface area contributed by atoms with E-state index in [1.165, 1.54) is 19.4 Å². The molecule has 2 fully saturated rings. The number of nitrogens with zero attached hydrogens (tertiary/aromatic N) is 2. The van der Waals surface area contributed by atoms with Gasteiger partial charge < -0.3 is 18.8 Å². The zero-order valence-corrected chi connectivity index (χ0v) is 12.8. The molecule has 7 nitrogen and oxygen atoms in total. The summed E-state index contributed by atoms with van der Waals surface area (Å²) in [6, 6.07) is 1.45. The Morgan fingerprint density at radius 1 is 1.36 bits per heavy atom. The number of carbonyl (C=O) groups is 1. The standard InChI is InChI=1S/C15H20N2O5/c1-16-9-15(22-14(16)19)4-3-5-17(10-15)7-11-6-12(18)13(20-2)8-21-11/h6,8H,3-5,7,9-10H2,1-2H3/t15-/m0/s1. The van der Waals surface area contributed by atoms with Gasteiger partial charge >= 0.3 is 6.09 Å². The van der Waals surface area contributed by atoms with E-state index in [2.05, 4.69) is 4.90 Å². The summed E-state index contributed by atoms with van der Waals surface area (Å²) in [5.41, 5.74) is -0.626. The molecule has 1 aromatic heterocycles. The first-order valence-corrected chi connectivity index (χ1v) is 7.33. The molecule has 1 spiro atoms. The molecule has 1 aromatic rings. The highest BCUT2D eigenvalue weighted by Gasteiger charge is 2.46. The Labute approximate surface area is 128 Å². The Kier molecular flexibility index (Phi) is 3.82. The van der Waals surface area contributed by atoms with Crippen molar-refractivity contribution in [1.82, 2.24) is 9.80 Å². The summed E-state index contributed by atoms with van der Waals surface area (Å²) < 4.78 is 15.9. The van der Waals surface area contributed by atoms with E-state index in [1.807, 2.05) is 0 Å². The highest BCUT2D eigenvalue weighted by Crippen LogP contribution is 2.31. The number of likely N-dealkylation sites (tertiary alicyclic amines) is 1. The molecule has 22 heavy (non-hydrogen) atoms. The Hall–Kier alpha value is -2.02. The topological polar surface area (TPSA) is 72.2 Å². The fourth-order valence-electron chi connectivity index (χ4n) is 3.22. The monoisotopic (exact) mass is 308 g/mol. The maximum Gasteiger partial charge on any atom is 0.410 e. The molecule has 7 heteroatoms. The normalized spacial score (nSPS) is 25.5. The van der Waals surface area contributed by atoms with Crippen molar-refractivity contribution in [3.05, 3.63) is 28.3 Å². The van der Waals surface area contributed by atoms with Gasteiger partial charge in [-0.15, -0.1) is 0 Å². The first-order valence-electron chi connectivity index (χ1n) is 7.33. The molecule has 1 amide bonds. The predicted octanol–water partition coefficient (Wildman–Crippen LogP) is 1.07. The Bertz CT molecular complexity index is 629. The number of ether oxygens (including phenoxy) is 2. The van der Waals surface area contributed by atoms with Crippen molar-refractivity contribution < 1.29 is 18.7 Å². The van der Waals surface area contributed by atoms with Crippen molar-refractivity contribution in [2.45, 2.75) is 25.0 Å². The van der Waals surface area contributed by atoms with Gasteiger partial charge in [-0.3, -0.25) is 9.69 Å². The minimum atomic E-state index is -0.434. The van der Waals surface area contributed by atoms with Gasteiger partial charge in [-0.25, -0.2) is 4.79 Å². The summed E-state index contributed by atoms with van der Waals surface area (Å²) >= 11 is 0. The van der Waals surface area contributed by atoms with Crippen LogP contribution in [0.5, 0.6) is 5.75 Å². The van der Waals surface area contributed by atoms with Crippen molar-refractivity contribution in [3.8, 4) is 5.75 Å². The fourth-order valence-corrected chi connectivity index (χ4v) is 3.22. The lowest BCUT2D eigenvalue weighted by Gasteiger charge is -2.38. The molecule has 2 aliphatic heterocycles. The first-order chi connectivity index (χ1) is 10.5. The minimum Gasteiger partial charge on any atom is -0.490 e. The number of amides is 1. The van der Waals surface area contributed by atoms with E-state index in [9.17, 15) is 9.59 Å². The number of hydrogen-bond acceptors (Lipinski definition) is 6. The molecular formula is C15H20N2O5. The Morgan fingerprint density at radius 2 is 2.18 bits per heavy atom. The number of piperidine rings is 1. The molecule has 0 radical (unpaired) electrons. The molecule has 2 saturated heterocycles. The van der Waals surface area contributed by atoms with Crippen LogP contribution in [-0.4, -0.2) is 55.3 Å². The number of hydrogen-bond donors (Lipinski definition) is 0. The van der Waals surface area contributed by atoms with Crippen molar-refractivity contribution in [2.24, 2.45) is 0 Å². The third-order valence-electron chi connectivity index (χ3n) is 4.21. The molecular weight excluding hydrogens is 288 g/mol. The lowest BCUT2D eigenvalue weighted by atomic mass is 9.93. The van der Waals surface area contributed by atoms with Gasteiger partial charge in [0.1, 0.15) is 17.6 Å². The molecule has 0 unspecified atom stereocenters. The lowest BCUT2D eigenvalue weighted by Crippen LogP contribution is -2.50. The van der Waals surface area contributed by atoms with Crippen molar-refractivity contribution in [2.75, 3.05) is 33.8 Å². The number of methoxy groups -OCH3 is 1. The third kappa shape index (κ3) is 2.81. The molecule has 3 rings (SSSR count). The van der Waals surface area contributed by atoms with Crippen molar-refractivity contribution in [1.29, 1.82) is 0 Å². The van der Waals surface area contributed by atoms with Crippen LogP contribution in [0.15, 0.2) is 21.5 Å². The maximum atomic E-state index is 11.8. The second-order valence-electron chi connectivity index (χ2n) is 6.00. The van der Waals surface area contributed by atoms with Crippen LogP contribution >= 0.6 is 0 Å². The predicted molar refractivity (Wildman–Crippen MR) is 77.9 cm³/mol. The summed E-state index contributed by atoms with van der Waals surface area (Å²) in [7, 11) is 3.18. The average Bonchev–Trinajstić information content (AvgIpc) is 2.73. The summed E-state index contributed by atoms with van der Waals surface area (Å²) in [4.78, 5) is 27.2. The second-order valence-corrected chi connectivity index (χ2v) is 6.00. The van der Waals surface area contributed by atoms with Gasteiger partial charge in [0.15, 0.2) is 0 Å². The quantitative estimate of drug-likeness (QED) is 0.831. The van der Waals surface area contributed by atoms with Gasteiger partial charge in [0.2, 0.25) is 11.2 Å². The SMILES string of the molecule is COc1coc(CN2CCC[C@@]3(C2)CN(C)C(=O)O3)cc1=O. The van der Waals surface area contributed by atoms with Crippen LogP contribution in [0.25, 0.3) is 0 Å². The molecule has 0 aromatic carbocycles. The zero-order chi connectivity index (χ0) is 15.7. The minimum absolute atomic E-state index is 0.192. The highest BCUT2D eigenvalue weighted by atomic mass is 16.6. The van der Waals surface area contributed by atoms with Gasteiger partial charge in [0.25, 0.3) is 0 Å². The summed E-state index contributed by atoms with van der Waals surface area (Å²) in [6.07, 6.45) is 2.88. The van der Waals surface area contributed by atoms with Crippen molar-refractivity contribution >= 4 is 6.09 Å². The largest absolute Gasteiger partial charge is 0.490 e. The highest BCUT2D eigenvalue weighted by molar-refractivity contribution is 5.70. The molecule has 1 atom stereocenters. The van der Waals surface area contributed by atoms with Gasteiger partial charge in [-0.2, -0.15) is 0 Å². The van der Waals surface area contributed by atoms with E-state index in [0.29, 0.717) is 25.4 Å². The van der Waals surface area contributed by atoms with E-state index in [0.717, 1.165) is 19.4 Å². The van der Waals surface area contributed by atoms with Gasteiger partial charge in [0.05, 0.1) is 20.2 Å². The van der Waals surface area contributed by atoms with Crippen LogP contribution < -0.4 is 10.2 Å². The summed E-state index contributed by atoms with van der Waals surface area (Å²) in [5, 5.41) is 0. The van der Waals surface area contributed by atoms with Crippen LogP contribution in [0, 0.1) is 0 Å². The van der Waals surface area contributed by atoms with E-state index in [1.54, 1.807) is 11.9 Å². The molecule has 120 valence electrons. The van der Waals surface area contributed by atoms with Crippen LogP contribution in [0.2, 0.25) is 0 Å². The third-order valence-corrected chi connectivity index (χ3v) is 4.21. The van der Waals surface area contributed by atoms with E-state index < -0.39 is 5.60 Å². The molecule has 3 heterocycles. The molecule has 0 aliphatic carbocycles. The Balaban J connectivity index is 1.69. The van der Waals surface area contributed by atoms with E-state index in [4.69, 9.17) is 13.9 Å². The van der Waals surface area contributed by atoms with Gasteiger partial charge in [0, 0.05) is 19.7 Å². The van der Waals surface area contributed by atoms with E-state index in [-0.39, 0.29) is 17.3 Å². The maximum absolute atomic E-state index is 11.8. The summed E-state index contributed by atoms with van der Waals surface area (Å²) in [5.74, 6) is 0.783. The first kappa shape index (κ1) is 14.9. The number of rotatable bonds is 3. The average molecular weight is 308 g/mol. The zero-order valence-electron chi connectivity index (χ0n) is 12.8. The van der Waals surface area contributed by atoms with Gasteiger partial charge in [-0.1, -0.05) is 0 Å². The van der Waals surface area contributed by atoms with Gasteiger partial charge in [-0.05, 0) is 19.4 Å². The molecule has 0 N–H and O–H groups in total. The second kappa shape index (κ2) is 5.64. The van der Waals surface area contributed by atoms with E-state index >= 15 is 0 Å². The lowest BCUT2D eigenvalue weighted by molar-refractivity contribution is -0.0131. The molecule has 2 aliphatic rings. The van der Waals surface area contributed by atoms with Crippen molar-refractivity contribution in [3.63, 3.8) is 0 Å². The molecule has 0 saturated carbocycles. The fraction of sp³-hybridized carbons (Fsp3) is 0.600. The smallest absolute Gasteiger partial charge is 0.410 e.